The predicted octanol–water partition coefficient (Wildman–Crippen LogP) is 3.57. The Morgan fingerprint density at radius 2 is 1.44 bits per heavy atom. The van der Waals surface area contributed by atoms with Crippen LogP contribution in [0.5, 0.6) is 0 Å². The zero-order valence-electron chi connectivity index (χ0n) is 15.3. The van der Waals surface area contributed by atoms with Crippen molar-refractivity contribution in [3.8, 4) is 0 Å². The summed E-state index contributed by atoms with van der Waals surface area (Å²) in [5, 5.41) is 9.03. The fourth-order valence-electron chi connectivity index (χ4n) is 2.67. The summed E-state index contributed by atoms with van der Waals surface area (Å²) in [5.41, 5.74) is 0. The molecule has 1 unspecified atom stereocenters. The number of unbranched alkanes of at least 4 members (excludes halogenated alkanes) is 7. The minimum Gasteiger partial charge on any atom is -0.481 e. The monoisotopic (exact) mass is 380 g/mol. The molecule has 0 radical (unpaired) electrons. The van der Waals surface area contributed by atoms with Gasteiger partial charge in [0.2, 0.25) is 4.75 Å². The van der Waals surface area contributed by atoms with E-state index in [0.29, 0.717) is 19.3 Å². The normalized spacial score (nSPS) is 14.0. The number of esters is 1. The smallest absolute Gasteiger partial charge is 0.330 e. The van der Waals surface area contributed by atoms with Crippen molar-refractivity contribution in [1.29, 1.82) is 0 Å². The third-order valence-corrected chi connectivity index (χ3v) is 5.72. The molecule has 7 nitrogen and oxygen atoms in total. The van der Waals surface area contributed by atoms with Crippen LogP contribution < -0.4 is 0 Å². The van der Waals surface area contributed by atoms with Gasteiger partial charge in [-0.05, 0) is 12.8 Å². The SMILES string of the molecule is CCCCCCCCOC(=O)C(CCCCC)(CC(=O)O)S(=O)(=O)O. The lowest BCUT2D eigenvalue weighted by atomic mass is 9.96. The van der Waals surface area contributed by atoms with E-state index in [0.717, 1.165) is 38.5 Å². The second-order valence-corrected chi connectivity index (χ2v) is 8.13. The van der Waals surface area contributed by atoms with Crippen molar-refractivity contribution in [2.45, 2.75) is 89.2 Å². The van der Waals surface area contributed by atoms with Gasteiger partial charge in [-0.3, -0.25) is 14.1 Å². The highest BCUT2D eigenvalue weighted by atomic mass is 32.2. The Labute approximate surface area is 150 Å². The van der Waals surface area contributed by atoms with Crippen LogP contribution in [0.2, 0.25) is 0 Å². The van der Waals surface area contributed by atoms with Crippen LogP contribution in [0.3, 0.4) is 0 Å². The molecule has 0 aliphatic heterocycles. The molecule has 8 heteroatoms. The quantitative estimate of drug-likeness (QED) is 0.253. The van der Waals surface area contributed by atoms with Crippen molar-refractivity contribution in [2.24, 2.45) is 0 Å². The minimum absolute atomic E-state index is 0.0234. The number of carboxylic acid groups (broad SMARTS) is 1. The van der Waals surface area contributed by atoms with Crippen LogP contribution in [0.1, 0.15) is 84.5 Å². The molecule has 1 atom stereocenters. The maximum Gasteiger partial charge on any atom is 0.330 e. The van der Waals surface area contributed by atoms with Crippen molar-refractivity contribution in [2.75, 3.05) is 6.61 Å². The molecule has 0 amide bonds. The van der Waals surface area contributed by atoms with Crippen LogP contribution in [-0.2, 0) is 24.4 Å². The molecule has 0 bridgehead atoms. The molecule has 148 valence electrons. The van der Waals surface area contributed by atoms with E-state index in [-0.39, 0.29) is 13.0 Å². The van der Waals surface area contributed by atoms with Crippen LogP contribution in [0.4, 0.5) is 0 Å². The van der Waals surface area contributed by atoms with Crippen molar-refractivity contribution in [3.05, 3.63) is 0 Å². The standard InChI is InChI=1S/C17H32O7S/c1-3-5-7-8-9-11-13-24-16(20)17(14-15(18)19,25(21,22)23)12-10-6-4-2/h3-14H2,1-2H3,(H,18,19)(H,21,22,23). The fraction of sp³-hybridized carbons (Fsp3) is 0.882. The van der Waals surface area contributed by atoms with E-state index in [1.165, 1.54) is 0 Å². The molecule has 0 rings (SSSR count). The molecule has 2 N–H and O–H groups in total. The Morgan fingerprint density at radius 1 is 0.920 bits per heavy atom. The number of hydrogen-bond acceptors (Lipinski definition) is 5. The second-order valence-electron chi connectivity index (χ2n) is 6.40. The van der Waals surface area contributed by atoms with Gasteiger partial charge in [-0.25, -0.2) is 0 Å². The summed E-state index contributed by atoms with van der Waals surface area (Å²) in [6.45, 7) is 4.02. The number of carboxylic acids is 1. The summed E-state index contributed by atoms with van der Waals surface area (Å²) < 4.78 is 35.8. The maximum absolute atomic E-state index is 12.4. The summed E-state index contributed by atoms with van der Waals surface area (Å²) in [6, 6.07) is 0. The zero-order chi connectivity index (χ0) is 19.3. The fourth-order valence-corrected chi connectivity index (χ4v) is 3.65. The van der Waals surface area contributed by atoms with Gasteiger partial charge in [-0.1, -0.05) is 65.2 Å². The van der Waals surface area contributed by atoms with E-state index in [4.69, 9.17) is 9.84 Å². The molecule has 0 aliphatic carbocycles. The van der Waals surface area contributed by atoms with Crippen LogP contribution in [0, 0.1) is 0 Å². The number of rotatable bonds is 15. The van der Waals surface area contributed by atoms with Gasteiger partial charge in [-0.2, -0.15) is 8.42 Å². The second kappa shape index (κ2) is 12.2. The van der Waals surface area contributed by atoms with Crippen molar-refractivity contribution < 1.29 is 32.4 Å². The Kier molecular flexibility index (Phi) is 11.7. The van der Waals surface area contributed by atoms with Crippen molar-refractivity contribution in [3.63, 3.8) is 0 Å². The summed E-state index contributed by atoms with van der Waals surface area (Å²) in [6.07, 6.45) is 6.24. The maximum atomic E-state index is 12.4. The molecule has 0 aromatic heterocycles. The van der Waals surface area contributed by atoms with Gasteiger partial charge in [0, 0.05) is 0 Å². The van der Waals surface area contributed by atoms with E-state index in [1.807, 2.05) is 6.92 Å². The largest absolute Gasteiger partial charge is 0.481 e. The molecule has 0 aromatic carbocycles. The molecular weight excluding hydrogens is 348 g/mol. The lowest BCUT2D eigenvalue weighted by Gasteiger charge is -2.27. The molecule has 0 saturated carbocycles. The molecule has 0 heterocycles. The van der Waals surface area contributed by atoms with E-state index in [2.05, 4.69) is 6.92 Å². The van der Waals surface area contributed by atoms with E-state index < -0.39 is 33.2 Å². The van der Waals surface area contributed by atoms with E-state index in [1.54, 1.807) is 0 Å². The number of carbonyl (C=O) groups excluding carboxylic acids is 1. The first-order valence-corrected chi connectivity index (χ1v) is 10.5. The summed E-state index contributed by atoms with van der Waals surface area (Å²) in [7, 11) is -4.91. The molecule has 0 fully saturated rings. The molecule has 0 saturated heterocycles. The van der Waals surface area contributed by atoms with Crippen LogP contribution in [-0.4, -0.2) is 41.4 Å². The zero-order valence-corrected chi connectivity index (χ0v) is 16.1. The van der Waals surface area contributed by atoms with Gasteiger partial charge >= 0.3 is 11.9 Å². The number of carbonyl (C=O) groups is 2. The van der Waals surface area contributed by atoms with Gasteiger partial charge in [0.05, 0.1) is 13.0 Å². The Hall–Kier alpha value is -1.15. The average molecular weight is 381 g/mol. The molecule has 25 heavy (non-hydrogen) atoms. The Balaban J connectivity index is 4.87. The van der Waals surface area contributed by atoms with Crippen LogP contribution in [0.25, 0.3) is 0 Å². The minimum atomic E-state index is -4.91. The number of ether oxygens (including phenoxy) is 1. The molecule has 0 spiro atoms. The Bertz CT molecular complexity index is 501. The Morgan fingerprint density at radius 3 is 1.96 bits per heavy atom. The van der Waals surface area contributed by atoms with Gasteiger partial charge < -0.3 is 9.84 Å². The lowest BCUT2D eigenvalue weighted by Crippen LogP contribution is -2.49. The molecular formula is C17H32O7S. The first kappa shape index (κ1) is 23.9. The topological polar surface area (TPSA) is 118 Å². The third-order valence-electron chi connectivity index (χ3n) is 4.22. The van der Waals surface area contributed by atoms with Crippen molar-refractivity contribution >= 4 is 22.1 Å². The van der Waals surface area contributed by atoms with Gasteiger partial charge in [0.1, 0.15) is 0 Å². The number of aliphatic carboxylic acids is 1. The highest BCUT2D eigenvalue weighted by Gasteiger charge is 2.52. The van der Waals surface area contributed by atoms with Gasteiger partial charge in [-0.15, -0.1) is 0 Å². The first-order valence-electron chi connectivity index (χ1n) is 9.07. The summed E-state index contributed by atoms with van der Waals surface area (Å²) in [4.78, 5) is 23.4. The molecule has 0 aromatic rings. The van der Waals surface area contributed by atoms with Gasteiger partial charge in [0.25, 0.3) is 10.1 Å². The van der Waals surface area contributed by atoms with Crippen molar-refractivity contribution in [1.82, 2.24) is 0 Å². The summed E-state index contributed by atoms with van der Waals surface area (Å²) in [5.74, 6) is -2.63. The number of hydrogen-bond donors (Lipinski definition) is 2. The first-order chi connectivity index (χ1) is 11.7. The van der Waals surface area contributed by atoms with Gasteiger partial charge in [0.15, 0.2) is 0 Å². The molecule has 0 aliphatic rings. The van der Waals surface area contributed by atoms with E-state index >= 15 is 0 Å². The third kappa shape index (κ3) is 8.67. The van der Waals surface area contributed by atoms with Crippen LogP contribution >= 0.6 is 0 Å². The summed E-state index contributed by atoms with van der Waals surface area (Å²) >= 11 is 0. The van der Waals surface area contributed by atoms with E-state index in [9.17, 15) is 22.6 Å². The van der Waals surface area contributed by atoms with Crippen LogP contribution in [0.15, 0.2) is 0 Å². The highest BCUT2D eigenvalue weighted by Crippen LogP contribution is 2.30. The lowest BCUT2D eigenvalue weighted by molar-refractivity contribution is -0.152. The highest BCUT2D eigenvalue weighted by molar-refractivity contribution is 7.88. The average Bonchev–Trinajstić information content (AvgIpc) is 2.51. The predicted molar refractivity (Wildman–Crippen MR) is 95.0 cm³/mol.